The maximum atomic E-state index is 13.6. The van der Waals surface area contributed by atoms with E-state index >= 15 is 0 Å². The second kappa shape index (κ2) is 7.14. The van der Waals surface area contributed by atoms with Crippen LogP contribution in [0.1, 0.15) is 28.7 Å². The summed E-state index contributed by atoms with van der Waals surface area (Å²) in [6.07, 6.45) is -7.93. The maximum absolute atomic E-state index is 13.6. The third-order valence-electron chi connectivity index (χ3n) is 4.83. The summed E-state index contributed by atoms with van der Waals surface area (Å²) < 4.78 is 40.8. The molecule has 2 heterocycles. The molecule has 28 heavy (non-hydrogen) atoms. The Labute approximate surface area is 159 Å². The number of hydrogen-bond donors (Lipinski definition) is 2. The highest BCUT2D eigenvalue weighted by Crippen LogP contribution is 2.42. The number of aliphatic hydroxyl groups is 2. The van der Waals surface area contributed by atoms with Crippen molar-refractivity contribution in [1.29, 1.82) is 0 Å². The minimum absolute atomic E-state index is 0.0709. The Morgan fingerprint density at radius 1 is 1.14 bits per heavy atom. The summed E-state index contributed by atoms with van der Waals surface area (Å²) in [7, 11) is 0. The highest BCUT2D eigenvalue weighted by Gasteiger charge is 2.62. The quantitative estimate of drug-likeness (QED) is 0.825. The first kappa shape index (κ1) is 20.2. The largest absolute Gasteiger partial charge is 0.424 e. The molecule has 2 unspecified atom stereocenters. The predicted molar refractivity (Wildman–Crippen MR) is 93.2 cm³/mol. The number of aliphatic hydroxyl groups excluding tert-OH is 1. The molecule has 3 rings (SSSR count). The molecule has 1 aromatic carbocycles. The van der Waals surface area contributed by atoms with Gasteiger partial charge in [0.15, 0.2) is 6.10 Å². The molecule has 9 heteroatoms. The Kier molecular flexibility index (Phi) is 5.16. The molecule has 1 amide bonds. The van der Waals surface area contributed by atoms with Gasteiger partial charge in [-0.25, -0.2) is 9.97 Å². The first-order valence-corrected chi connectivity index (χ1v) is 8.67. The lowest BCUT2D eigenvalue weighted by Gasteiger charge is -2.42. The normalized spacial score (nSPS) is 18.3. The van der Waals surface area contributed by atoms with Gasteiger partial charge in [-0.1, -0.05) is 30.3 Å². The number of halogens is 3. The van der Waals surface area contributed by atoms with Crippen LogP contribution in [0.15, 0.2) is 36.4 Å². The number of rotatable bonds is 4. The number of nitrogens with zero attached hydrogens (tertiary/aromatic N) is 3. The van der Waals surface area contributed by atoms with Gasteiger partial charge in [-0.05, 0) is 25.5 Å². The molecular formula is C19H20F3N3O3. The molecule has 0 radical (unpaired) electrons. The monoisotopic (exact) mass is 395 g/mol. The van der Waals surface area contributed by atoms with Crippen molar-refractivity contribution in [2.45, 2.75) is 37.6 Å². The highest BCUT2D eigenvalue weighted by atomic mass is 19.4. The number of carbonyl (C=O) groups excluding carboxylic acids is 1. The summed E-state index contributed by atoms with van der Waals surface area (Å²) in [5.41, 5.74) is -2.80. The van der Waals surface area contributed by atoms with Crippen molar-refractivity contribution in [2.24, 2.45) is 0 Å². The smallest absolute Gasteiger partial charge is 0.380 e. The van der Waals surface area contributed by atoms with Gasteiger partial charge in [-0.3, -0.25) is 4.79 Å². The second-order valence-corrected chi connectivity index (χ2v) is 6.98. The van der Waals surface area contributed by atoms with Gasteiger partial charge >= 0.3 is 6.18 Å². The van der Waals surface area contributed by atoms with E-state index in [4.69, 9.17) is 0 Å². The van der Waals surface area contributed by atoms with E-state index in [2.05, 4.69) is 9.97 Å². The number of amides is 1. The Morgan fingerprint density at radius 2 is 1.68 bits per heavy atom. The van der Waals surface area contributed by atoms with Crippen LogP contribution < -0.4 is 0 Å². The molecule has 2 aromatic rings. The summed E-state index contributed by atoms with van der Waals surface area (Å²) in [4.78, 5) is 22.1. The Hall–Kier alpha value is -2.52. The van der Waals surface area contributed by atoms with Crippen LogP contribution in [0.5, 0.6) is 0 Å². The molecule has 1 saturated heterocycles. The van der Waals surface area contributed by atoms with Crippen molar-refractivity contribution in [3.63, 3.8) is 0 Å². The summed E-state index contributed by atoms with van der Waals surface area (Å²) in [6.45, 7) is 3.74. The number of aryl methyl sites for hydroxylation is 2. The lowest BCUT2D eigenvalue weighted by atomic mass is 9.85. The molecule has 1 aliphatic heterocycles. The second-order valence-electron chi connectivity index (χ2n) is 6.98. The van der Waals surface area contributed by atoms with Crippen LogP contribution in [0, 0.1) is 13.8 Å². The van der Waals surface area contributed by atoms with E-state index in [9.17, 15) is 28.2 Å². The van der Waals surface area contributed by atoms with Crippen LogP contribution in [-0.2, 0) is 10.4 Å². The topological polar surface area (TPSA) is 86.6 Å². The molecule has 0 spiro atoms. The third-order valence-corrected chi connectivity index (χ3v) is 4.83. The minimum atomic E-state index is -5.25. The Bertz CT molecular complexity index is 849. The molecule has 0 saturated carbocycles. The van der Waals surface area contributed by atoms with Crippen LogP contribution in [0.4, 0.5) is 13.2 Å². The van der Waals surface area contributed by atoms with E-state index in [0.717, 1.165) is 28.4 Å². The summed E-state index contributed by atoms with van der Waals surface area (Å²) in [5.74, 6) is -0.917. The molecule has 1 aromatic heterocycles. The summed E-state index contributed by atoms with van der Waals surface area (Å²) >= 11 is 0. The fourth-order valence-electron chi connectivity index (χ4n) is 3.28. The number of hydrogen-bond acceptors (Lipinski definition) is 5. The van der Waals surface area contributed by atoms with E-state index < -0.39 is 29.4 Å². The van der Waals surface area contributed by atoms with Gasteiger partial charge in [0.25, 0.3) is 5.91 Å². The average molecular weight is 395 g/mol. The molecule has 0 bridgehead atoms. The number of likely N-dealkylation sites (tertiary alicyclic amines) is 1. The molecule has 0 aliphatic carbocycles. The van der Waals surface area contributed by atoms with Crippen molar-refractivity contribution in [2.75, 3.05) is 13.1 Å². The van der Waals surface area contributed by atoms with Gasteiger partial charge in [-0.2, -0.15) is 13.2 Å². The Balaban J connectivity index is 1.78. The van der Waals surface area contributed by atoms with Crippen molar-refractivity contribution in [3.8, 4) is 0 Å². The van der Waals surface area contributed by atoms with Crippen LogP contribution in [0.3, 0.4) is 0 Å². The van der Waals surface area contributed by atoms with Gasteiger partial charge in [0.1, 0.15) is 5.82 Å². The molecule has 150 valence electrons. The number of alkyl halides is 3. The molecular weight excluding hydrogens is 375 g/mol. The molecule has 1 fully saturated rings. The number of carbonyl (C=O) groups is 1. The molecule has 6 nitrogen and oxygen atoms in total. The number of aromatic nitrogens is 2. The van der Waals surface area contributed by atoms with Crippen LogP contribution in [-0.4, -0.2) is 56.4 Å². The van der Waals surface area contributed by atoms with E-state index in [-0.39, 0.29) is 19.0 Å². The van der Waals surface area contributed by atoms with E-state index in [1.54, 1.807) is 19.9 Å². The van der Waals surface area contributed by atoms with Gasteiger partial charge in [0.05, 0.1) is 5.92 Å². The maximum Gasteiger partial charge on any atom is 0.424 e. The van der Waals surface area contributed by atoms with Crippen molar-refractivity contribution in [1.82, 2.24) is 14.9 Å². The number of benzene rings is 1. The standard InChI is InChI=1S/C19H20F3N3O3/c1-11-8-12(2)24-16(23-11)13-9-25(10-13)17(27)15(26)18(28,19(20,21)22)14-6-4-3-5-7-14/h3-8,13,15,26,28H,9-10H2,1-2H3. The summed E-state index contributed by atoms with van der Waals surface area (Å²) in [6, 6.07) is 7.88. The third kappa shape index (κ3) is 3.47. The first-order chi connectivity index (χ1) is 13.0. The SMILES string of the molecule is Cc1cc(C)nc(C2CN(C(=O)C(O)C(O)(c3ccccc3)C(F)(F)F)C2)n1. The minimum Gasteiger partial charge on any atom is -0.380 e. The van der Waals surface area contributed by atoms with Gasteiger partial charge in [-0.15, -0.1) is 0 Å². The highest BCUT2D eigenvalue weighted by molar-refractivity contribution is 5.83. The molecule has 2 atom stereocenters. The lowest BCUT2D eigenvalue weighted by Crippen LogP contribution is -2.61. The zero-order chi connectivity index (χ0) is 20.7. The lowest BCUT2D eigenvalue weighted by molar-refractivity contribution is -0.295. The zero-order valence-electron chi connectivity index (χ0n) is 15.3. The molecule has 2 N–H and O–H groups in total. The van der Waals surface area contributed by atoms with Gasteiger partial charge < -0.3 is 15.1 Å². The fourth-order valence-corrected chi connectivity index (χ4v) is 3.28. The fraction of sp³-hybridized carbons (Fsp3) is 0.421. The van der Waals surface area contributed by atoms with E-state index in [1.807, 2.05) is 0 Å². The zero-order valence-corrected chi connectivity index (χ0v) is 15.3. The average Bonchev–Trinajstić information content (AvgIpc) is 2.58. The van der Waals surface area contributed by atoms with Crippen molar-refractivity contribution >= 4 is 5.91 Å². The van der Waals surface area contributed by atoms with Crippen LogP contribution >= 0.6 is 0 Å². The van der Waals surface area contributed by atoms with Crippen LogP contribution in [0.2, 0.25) is 0 Å². The van der Waals surface area contributed by atoms with Gasteiger partial charge in [0, 0.05) is 24.5 Å². The van der Waals surface area contributed by atoms with E-state index in [0.29, 0.717) is 5.82 Å². The van der Waals surface area contributed by atoms with Gasteiger partial charge in [0.2, 0.25) is 5.60 Å². The Morgan fingerprint density at radius 3 is 2.18 bits per heavy atom. The first-order valence-electron chi connectivity index (χ1n) is 8.67. The molecule has 1 aliphatic rings. The van der Waals surface area contributed by atoms with Crippen molar-refractivity contribution in [3.05, 3.63) is 59.2 Å². The van der Waals surface area contributed by atoms with Crippen LogP contribution in [0.25, 0.3) is 0 Å². The van der Waals surface area contributed by atoms with E-state index in [1.165, 1.54) is 18.2 Å². The summed E-state index contributed by atoms with van der Waals surface area (Å²) in [5, 5.41) is 20.5. The predicted octanol–water partition coefficient (Wildman–Crippen LogP) is 1.83. The van der Waals surface area contributed by atoms with Crippen molar-refractivity contribution < 1.29 is 28.2 Å².